The summed E-state index contributed by atoms with van der Waals surface area (Å²) < 4.78 is 27.4. The zero-order valence-corrected chi connectivity index (χ0v) is 17.8. The molecule has 0 aliphatic rings. The van der Waals surface area contributed by atoms with Crippen LogP contribution < -0.4 is 11.5 Å². The molecule has 0 saturated heterocycles. The van der Waals surface area contributed by atoms with Gasteiger partial charge in [0.05, 0.1) is 11.5 Å². The van der Waals surface area contributed by atoms with E-state index in [2.05, 4.69) is 0 Å². The highest BCUT2D eigenvalue weighted by Crippen LogP contribution is 2.26. The summed E-state index contributed by atoms with van der Waals surface area (Å²) >= 11 is 0. The molecule has 1 aromatic carbocycles. The Hall–Kier alpha value is -0.700. The van der Waals surface area contributed by atoms with E-state index in [0.717, 1.165) is 46.8 Å². The van der Waals surface area contributed by atoms with Crippen molar-refractivity contribution in [1.82, 2.24) is 4.47 Å². The van der Waals surface area contributed by atoms with Gasteiger partial charge in [0.15, 0.2) is 0 Å². The molecule has 0 fully saturated rings. The van der Waals surface area contributed by atoms with Crippen LogP contribution in [0.1, 0.15) is 48.8 Å². The molecule has 0 spiro atoms. The molecule has 0 bridgehead atoms. The topological polar surface area (TPSA) is 98.7 Å². The molecule has 1 rings (SSSR count). The number of hydrogen-bond acceptors (Lipinski definition) is 5. The molecule has 1 aromatic rings. The van der Waals surface area contributed by atoms with Crippen molar-refractivity contribution in [3.8, 4) is 0 Å². The molecule has 0 atom stereocenters. The van der Waals surface area contributed by atoms with Crippen molar-refractivity contribution in [1.29, 1.82) is 0 Å². The van der Waals surface area contributed by atoms with Crippen LogP contribution in [0.4, 0.5) is 0 Å². The molecule has 0 amide bonds. The Kier molecular flexibility index (Phi) is 12.3. The van der Waals surface area contributed by atoms with Gasteiger partial charge in [-0.3, -0.25) is 4.84 Å². The van der Waals surface area contributed by atoms with Gasteiger partial charge in [-0.15, -0.1) is 12.4 Å². The van der Waals surface area contributed by atoms with Crippen molar-refractivity contribution < 1.29 is 13.3 Å². The van der Waals surface area contributed by atoms with Gasteiger partial charge in [-0.05, 0) is 64.3 Å². The molecule has 8 heteroatoms. The highest BCUT2D eigenvalue weighted by atomic mass is 35.5. The zero-order valence-electron chi connectivity index (χ0n) is 16.2. The van der Waals surface area contributed by atoms with Crippen LogP contribution in [0.25, 0.3) is 0 Å². The second kappa shape index (κ2) is 12.6. The van der Waals surface area contributed by atoms with Gasteiger partial charge in [-0.1, -0.05) is 35.0 Å². The number of benzene rings is 1. The van der Waals surface area contributed by atoms with Crippen molar-refractivity contribution in [2.75, 3.05) is 26.2 Å². The van der Waals surface area contributed by atoms with Gasteiger partial charge < -0.3 is 11.5 Å². The maximum Gasteiger partial charge on any atom is 0.265 e. The Labute approximate surface area is 164 Å². The fraction of sp³-hybridized carbons (Fsp3) is 0.667. The average Bonchev–Trinajstić information content (AvgIpc) is 2.51. The Balaban J connectivity index is 0.00000625. The highest BCUT2D eigenvalue weighted by Gasteiger charge is 2.28. The van der Waals surface area contributed by atoms with Gasteiger partial charge in [0.2, 0.25) is 0 Å². The van der Waals surface area contributed by atoms with Gasteiger partial charge in [-0.25, -0.2) is 8.42 Å². The molecule has 0 aliphatic heterocycles. The summed E-state index contributed by atoms with van der Waals surface area (Å²) in [7, 11) is -3.71. The molecule has 0 saturated carbocycles. The van der Waals surface area contributed by atoms with E-state index in [4.69, 9.17) is 16.3 Å². The van der Waals surface area contributed by atoms with Crippen molar-refractivity contribution in [3.05, 3.63) is 28.8 Å². The van der Waals surface area contributed by atoms with E-state index in [1.54, 1.807) is 0 Å². The predicted molar refractivity (Wildman–Crippen MR) is 109 cm³/mol. The van der Waals surface area contributed by atoms with Crippen molar-refractivity contribution >= 4 is 22.4 Å². The molecular formula is C18H34ClN3O3S. The average molecular weight is 408 g/mol. The molecule has 0 aliphatic carbocycles. The van der Waals surface area contributed by atoms with Crippen LogP contribution in [0.5, 0.6) is 0 Å². The standard InChI is InChI=1S/C18H33N3O3S.ClH/c1-15-13-16(2)18(17(3)14-15)25(22,23)21(24-12-8-10-20)11-7-5-4-6-9-19;/h13-14H,4-12,19-20H2,1-3H3;1H. The van der Waals surface area contributed by atoms with E-state index in [9.17, 15) is 8.42 Å². The first kappa shape index (κ1) is 25.3. The summed E-state index contributed by atoms with van der Waals surface area (Å²) in [5.74, 6) is 0. The molecule has 6 nitrogen and oxygen atoms in total. The van der Waals surface area contributed by atoms with E-state index in [-0.39, 0.29) is 12.4 Å². The lowest BCUT2D eigenvalue weighted by atomic mass is 10.1. The monoisotopic (exact) mass is 407 g/mol. The van der Waals surface area contributed by atoms with E-state index >= 15 is 0 Å². The predicted octanol–water partition coefficient (Wildman–Crippen LogP) is 2.82. The summed E-state index contributed by atoms with van der Waals surface area (Å²) in [5, 5.41) is 0. The Morgan fingerprint density at radius 3 is 2.00 bits per heavy atom. The first-order chi connectivity index (χ1) is 11.8. The maximum atomic E-state index is 13.1. The van der Waals surface area contributed by atoms with Crippen molar-refractivity contribution in [2.45, 2.75) is 57.8 Å². The molecule has 0 heterocycles. The van der Waals surface area contributed by atoms with Gasteiger partial charge in [-0.2, -0.15) is 0 Å². The van der Waals surface area contributed by atoms with Crippen LogP contribution in [-0.2, 0) is 14.9 Å². The first-order valence-electron chi connectivity index (χ1n) is 8.98. The van der Waals surface area contributed by atoms with Crippen LogP contribution in [0.2, 0.25) is 0 Å². The van der Waals surface area contributed by atoms with Crippen LogP contribution >= 0.6 is 12.4 Å². The second-order valence-corrected chi connectivity index (χ2v) is 8.20. The minimum absolute atomic E-state index is 0. The van der Waals surface area contributed by atoms with E-state index in [0.29, 0.717) is 37.6 Å². The third-order valence-electron chi connectivity index (χ3n) is 4.01. The number of halogens is 1. The summed E-state index contributed by atoms with van der Waals surface area (Å²) in [6, 6.07) is 3.78. The molecule has 26 heavy (non-hydrogen) atoms. The molecule has 0 radical (unpaired) electrons. The summed E-state index contributed by atoms with van der Waals surface area (Å²) in [6.45, 7) is 7.37. The molecule has 152 valence electrons. The number of aryl methyl sites for hydroxylation is 3. The number of nitrogens with two attached hydrogens (primary N) is 2. The van der Waals surface area contributed by atoms with Gasteiger partial charge in [0.1, 0.15) is 0 Å². The Morgan fingerprint density at radius 1 is 0.923 bits per heavy atom. The second-order valence-electron chi connectivity index (χ2n) is 6.44. The lowest BCUT2D eigenvalue weighted by Gasteiger charge is -2.24. The molecule has 0 aromatic heterocycles. The minimum Gasteiger partial charge on any atom is -0.330 e. The fourth-order valence-electron chi connectivity index (χ4n) is 2.92. The van der Waals surface area contributed by atoms with Crippen LogP contribution in [0.15, 0.2) is 17.0 Å². The quantitative estimate of drug-likeness (QED) is 0.410. The SMILES string of the molecule is Cc1cc(C)c(S(=O)(=O)N(CCCCCCN)OCCCN)c(C)c1.Cl. The Bertz CT molecular complexity index is 616. The van der Waals surface area contributed by atoms with Crippen LogP contribution in [0, 0.1) is 20.8 Å². The van der Waals surface area contributed by atoms with Gasteiger partial charge in [0.25, 0.3) is 10.0 Å². The third kappa shape index (κ3) is 7.50. The maximum absolute atomic E-state index is 13.1. The number of sulfonamides is 1. The molecular weight excluding hydrogens is 374 g/mol. The number of nitrogens with zero attached hydrogens (tertiary/aromatic N) is 1. The number of unbranched alkanes of at least 4 members (excludes halogenated alkanes) is 3. The number of hydrogen-bond donors (Lipinski definition) is 2. The van der Waals surface area contributed by atoms with E-state index < -0.39 is 10.0 Å². The third-order valence-corrected chi connectivity index (χ3v) is 5.99. The first-order valence-corrected chi connectivity index (χ1v) is 10.4. The van der Waals surface area contributed by atoms with Gasteiger partial charge in [0, 0.05) is 6.54 Å². The van der Waals surface area contributed by atoms with E-state index in [1.165, 1.54) is 0 Å². The lowest BCUT2D eigenvalue weighted by molar-refractivity contribution is -0.0853. The number of rotatable bonds is 12. The van der Waals surface area contributed by atoms with Crippen LogP contribution in [-0.4, -0.2) is 39.1 Å². The largest absolute Gasteiger partial charge is 0.330 e. The fourth-order valence-corrected chi connectivity index (χ4v) is 4.64. The van der Waals surface area contributed by atoms with Crippen LogP contribution in [0.3, 0.4) is 0 Å². The molecule has 4 N–H and O–H groups in total. The lowest BCUT2D eigenvalue weighted by Crippen LogP contribution is -2.34. The zero-order chi connectivity index (χ0) is 18.9. The molecule has 0 unspecified atom stereocenters. The van der Waals surface area contributed by atoms with E-state index in [1.807, 2.05) is 32.9 Å². The minimum atomic E-state index is -3.71. The van der Waals surface area contributed by atoms with Gasteiger partial charge >= 0.3 is 0 Å². The van der Waals surface area contributed by atoms with Crippen molar-refractivity contribution in [2.24, 2.45) is 11.5 Å². The normalized spacial score (nSPS) is 11.6. The summed E-state index contributed by atoms with van der Waals surface area (Å²) in [5.41, 5.74) is 13.5. The summed E-state index contributed by atoms with van der Waals surface area (Å²) in [6.07, 6.45) is 4.24. The smallest absolute Gasteiger partial charge is 0.265 e. The van der Waals surface area contributed by atoms with Crippen molar-refractivity contribution in [3.63, 3.8) is 0 Å². The summed E-state index contributed by atoms with van der Waals surface area (Å²) in [4.78, 5) is 5.93. The number of hydroxylamine groups is 1. The Morgan fingerprint density at radius 2 is 1.46 bits per heavy atom. The highest BCUT2D eigenvalue weighted by molar-refractivity contribution is 7.89.